The summed E-state index contributed by atoms with van der Waals surface area (Å²) in [5.74, 6) is -7.19. The highest BCUT2D eigenvalue weighted by molar-refractivity contribution is 6.32. The first kappa shape index (κ1) is 32.7. The number of rotatable bonds is 7. The molecule has 7 atom stereocenters. The second kappa shape index (κ2) is 11.3. The third-order valence-electron chi connectivity index (χ3n) is 12.2. The molecule has 1 aromatic rings. The largest absolute Gasteiger partial charge is 0.507 e. The van der Waals surface area contributed by atoms with Crippen LogP contribution in [0.25, 0.3) is 0 Å². The van der Waals surface area contributed by atoms with Crippen LogP contribution in [-0.4, -0.2) is 44.7 Å². The molecule has 0 radical (unpaired) electrons. The number of ketones is 5. The van der Waals surface area contributed by atoms with Gasteiger partial charge in [-0.05, 0) is 79.2 Å². The average molecular weight is 607 g/mol. The van der Waals surface area contributed by atoms with Crippen molar-refractivity contribution in [3.05, 3.63) is 28.8 Å². The summed E-state index contributed by atoms with van der Waals surface area (Å²) < 4.78 is 0. The van der Waals surface area contributed by atoms with Crippen molar-refractivity contribution in [2.45, 2.75) is 118 Å². The SMILES string of the molecule is CCCCC(c1ccc2c(c1O)C(=O)C1C(=O)[C@@]3(O)C(=O)C(C(C)=O)C(=O)C(C(C)C)[C@@]3(C)C[C@@]1(C)C2)C1CCC(C)CC1. The summed E-state index contributed by atoms with van der Waals surface area (Å²) in [4.78, 5) is 69.2. The quantitative estimate of drug-likeness (QED) is 0.354. The van der Waals surface area contributed by atoms with Crippen LogP contribution in [0.3, 0.4) is 0 Å². The maximum Gasteiger partial charge on any atom is 0.190 e. The van der Waals surface area contributed by atoms with Crippen molar-refractivity contribution in [2.75, 3.05) is 0 Å². The molecule has 4 unspecified atom stereocenters. The third-order valence-corrected chi connectivity index (χ3v) is 12.2. The van der Waals surface area contributed by atoms with Gasteiger partial charge in [-0.15, -0.1) is 0 Å². The number of fused-ring (bicyclic) bond motifs is 3. The van der Waals surface area contributed by atoms with Gasteiger partial charge in [-0.3, -0.25) is 24.0 Å². The van der Waals surface area contributed by atoms with Crippen LogP contribution < -0.4 is 0 Å². The van der Waals surface area contributed by atoms with Crippen molar-refractivity contribution < 1.29 is 34.2 Å². The van der Waals surface area contributed by atoms with Crippen molar-refractivity contribution in [1.82, 2.24) is 0 Å². The lowest BCUT2D eigenvalue weighted by molar-refractivity contribution is -0.205. The Balaban J connectivity index is 1.62. The molecule has 7 heteroatoms. The molecule has 3 saturated carbocycles. The molecule has 0 heterocycles. The van der Waals surface area contributed by atoms with Crippen molar-refractivity contribution in [1.29, 1.82) is 0 Å². The minimum absolute atomic E-state index is 0.0743. The zero-order chi connectivity index (χ0) is 32.5. The third kappa shape index (κ3) is 4.58. The first-order chi connectivity index (χ1) is 20.5. The molecule has 1 aromatic carbocycles. The summed E-state index contributed by atoms with van der Waals surface area (Å²) in [6.45, 7) is 12.6. The number of carbonyl (C=O) groups excluding carboxylic acids is 5. The zero-order valence-corrected chi connectivity index (χ0v) is 27.5. The lowest BCUT2D eigenvalue weighted by Crippen LogP contribution is -2.76. The average Bonchev–Trinajstić information content (AvgIpc) is 2.92. The summed E-state index contributed by atoms with van der Waals surface area (Å²) in [7, 11) is 0. The van der Waals surface area contributed by atoms with E-state index in [-0.39, 0.29) is 36.0 Å². The van der Waals surface area contributed by atoms with Crippen molar-refractivity contribution in [3.8, 4) is 5.75 Å². The fourth-order valence-corrected chi connectivity index (χ4v) is 10.2. The molecule has 5 rings (SSSR count). The molecule has 7 nitrogen and oxygen atoms in total. The number of hydrogen-bond donors (Lipinski definition) is 2. The van der Waals surface area contributed by atoms with Crippen LogP contribution in [0.5, 0.6) is 5.75 Å². The fourth-order valence-electron chi connectivity index (χ4n) is 10.2. The van der Waals surface area contributed by atoms with E-state index in [1.54, 1.807) is 20.8 Å². The van der Waals surface area contributed by atoms with Gasteiger partial charge >= 0.3 is 0 Å². The number of aromatic hydroxyl groups is 1. The number of unbranched alkanes of at least 4 members (excludes halogenated alkanes) is 1. The maximum absolute atomic E-state index is 14.6. The molecule has 4 aliphatic carbocycles. The van der Waals surface area contributed by atoms with E-state index in [0.29, 0.717) is 17.4 Å². The van der Waals surface area contributed by atoms with Gasteiger partial charge in [0.05, 0.1) is 11.5 Å². The number of carbonyl (C=O) groups is 5. The smallest absolute Gasteiger partial charge is 0.190 e. The van der Waals surface area contributed by atoms with Crippen molar-refractivity contribution in [2.24, 2.45) is 46.3 Å². The lowest BCUT2D eigenvalue weighted by Gasteiger charge is -2.61. The molecule has 0 bridgehead atoms. The normalized spacial score (nSPS) is 37.8. The number of Topliss-reactive ketones (excluding diaryl/α,β-unsaturated/α-hetero) is 5. The molecule has 0 saturated heterocycles. The molecule has 240 valence electrons. The van der Waals surface area contributed by atoms with E-state index in [9.17, 15) is 34.2 Å². The highest BCUT2D eigenvalue weighted by atomic mass is 16.3. The highest BCUT2D eigenvalue weighted by Gasteiger charge is 2.76. The number of phenols is 1. The van der Waals surface area contributed by atoms with Gasteiger partial charge < -0.3 is 10.2 Å². The lowest BCUT2D eigenvalue weighted by atomic mass is 9.40. The maximum atomic E-state index is 14.6. The van der Waals surface area contributed by atoms with Gasteiger partial charge in [-0.25, -0.2) is 0 Å². The fraction of sp³-hybridized carbons (Fsp3) is 0.703. The standard InChI is InChI=1S/C37H50O7/c1-8-9-10-24(22-13-11-20(4)12-14-22)25-16-15-23-17-35(6)18-36(7)28(19(2)3)31(40)26(21(5)38)33(42)37(36,44)34(43)29(35)32(41)27(23)30(25)39/h15-16,19-20,22,24,26,28-29,39,44H,8-14,17-18H2,1-7H3/t20?,22?,24?,26?,28?,29?,35-,36-,37+/m1/s1. The molecule has 3 fully saturated rings. The number of hydrogen-bond acceptors (Lipinski definition) is 7. The molecule has 4 aliphatic rings. The molecule has 44 heavy (non-hydrogen) atoms. The molecule has 0 aromatic heterocycles. The first-order valence-corrected chi connectivity index (χ1v) is 16.8. The number of phenolic OH excluding ortho intramolecular Hbond substituents is 1. The van der Waals surface area contributed by atoms with Crippen LogP contribution in [0.2, 0.25) is 0 Å². The van der Waals surface area contributed by atoms with E-state index < -0.39 is 63.1 Å². The van der Waals surface area contributed by atoms with Gasteiger partial charge in [0.1, 0.15) is 17.5 Å². The predicted molar refractivity (Wildman–Crippen MR) is 166 cm³/mol. The Bertz CT molecular complexity index is 1400. The summed E-state index contributed by atoms with van der Waals surface area (Å²) >= 11 is 0. The van der Waals surface area contributed by atoms with Crippen molar-refractivity contribution in [3.63, 3.8) is 0 Å². The van der Waals surface area contributed by atoms with Gasteiger partial charge in [0.15, 0.2) is 28.7 Å². The summed E-state index contributed by atoms with van der Waals surface area (Å²) in [5.41, 5.74) is -3.63. The Morgan fingerprint density at radius 3 is 2.23 bits per heavy atom. The van der Waals surface area contributed by atoms with Crippen LogP contribution in [0.4, 0.5) is 0 Å². The van der Waals surface area contributed by atoms with Crippen LogP contribution in [0.1, 0.15) is 127 Å². The Morgan fingerprint density at radius 1 is 1.02 bits per heavy atom. The highest BCUT2D eigenvalue weighted by Crippen LogP contribution is 2.64. The van der Waals surface area contributed by atoms with Crippen LogP contribution in [0.15, 0.2) is 12.1 Å². The van der Waals surface area contributed by atoms with Crippen LogP contribution >= 0.6 is 0 Å². The monoisotopic (exact) mass is 606 g/mol. The van der Waals surface area contributed by atoms with E-state index in [0.717, 1.165) is 57.4 Å². The minimum atomic E-state index is -2.67. The molecule has 0 aliphatic heterocycles. The zero-order valence-electron chi connectivity index (χ0n) is 27.5. The summed E-state index contributed by atoms with van der Waals surface area (Å²) in [6, 6.07) is 3.89. The Hall–Kier alpha value is -2.67. The van der Waals surface area contributed by atoms with Gasteiger partial charge in [-0.1, -0.05) is 79.4 Å². The van der Waals surface area contributed by atoms with Gasteiger partial charge in [0, 0.05) is 11.3 Å². The van der Waals surface area contributed by atoms with Crippen LogP contribution in [-0.2, 0) is 25.6 Å². The number of benzene rings is 1. The van der Waals surface area contributed by atoms with E-state index in [4.69, 9.17) is 0 Å². The van der Waals surface area contributed by atoms with E-state index in [1.165, 1.54) is 0 Å². The van der Waals surface area contributed by atoms with Crippen molar-refractivity contribution >= 4 is 28.9 Å². The number of aliphatic hydroxyl groups is 1. The molecule has 0 spiro atoms. The molecular formula is C37H50O7. The van der Waals surface area contributed by atoms with E-state index >= 15 is 0 Å². The minimum Gasteiger partial charge on any atom is -0.507 e. The second-order valence-electron chi connectivity index (χ2n) is 15.6. The van der Waals surface area contributed by atoms with E-state index in [1.807, 2.05) is 19.1 Å². The Morgan fingerprint density at radius 2 is 1.66 bits per heavy atom. The Labute approximate surface area is 261 Å². The van der Waals surface area contributed by atoms with Gasteiger partial charge in [0.2, 0.25) is 0 Å². The first-order valence-electron chi connectivity index (χ1n) is 16.8. The van der Waals surface area contributed by atoms with Crippen LogP contribution in [0, 0.1) is 46.3 Å². The van der Waals surface area contributed by atoms with Gasteiger partial charge in [0.25, 0.3) is 0 Å². The summed E-state index contributed by atoms with van der Waals surface area (Å²) in [6.07, 6.45) is 7.70. The molecule has 2 N–H and O–H groups in total. The summed E-state index contributed by atoms with van der Waals surface area (Å²) in [5, 5.41) is 24.1. The topological polar surface area (TPSA) is 126 Å². The Kier molecular flexibility index (Phi) is 8.40. The second-order valence-corrected chi connectivity index (χ2v) is 15.6. The molecular weight excluding hydrogens is 556 g/mol. The van der Waals surface area contributed by atoms with Gasteiger partial charge in [-0.2, -0.15) is 0 Å². The molecule has 0 amide bonds. The predicted octanol–water partition coefficient (Wildman–Crippen LogP) is 6.19. The van der Waals surface area contributed by atoms with E-state index in [2.05, 4.69) is 13.8 Å².